The molecule has 5 N–H and O–H groups in total. The minimum Gasteiger partial charge on any atom is -0.481 e. The van der Waals surface area contributed by atoms with E-state index in [0.717, 1.165) is 0 Å². The first kappa shape index (κ1) is 43.6. The van der Waals surface area contributed by atoms with Gasteiger partial charge in [-0.25, -0.2) is 35.9 Å². The Labute approximate surface area is 320 Å². The molecule has 2 heterocycles. The summed E-state index contributed by atoms with van der Waals surface area (Å²) in [7, 11) is -1.58. The molecular formula is C32H36N8O14S2. The molecule has 0 saturated carbocycles. The van der Waals surface area contributed by atoms with E-state index in [1.165, 1.54) is 84.1 Å². The Hall–Kier alpha value is -6.82. The minimum absolute atomic E-state index is 0.0000271. The lowest BCUT2D eigenvalue weighted by Gasteiger charge is -2.11. The SMILES string of the molecule is COC(=O)c1ccccc1CS(=O)(=O)NC(=O)Nc1nc(OC)cc(OC)n1.COc1cc(OC)nc(NCC(=O)NS(=O)(=O)Cc2ccccc2C(=O)O)n1. The second-order valence-corrected chi connectivity index (χ2v) is 14.1. The Morgan fingerprint density at radius 2 is 1.05 bits per heavy atom. The standard InChI is InChI=1S/2C16H18N4O7S/c1-25-12-8-13(26-2)18-15(17-12)19-16(22)20-28(23,24)9-10-6-4-5-7-11(10)14(21)27-3;1-26-13-7-14(27-2)19-16(18-13)17-8-12(21)20-28(24,25)9-10-5-3-4-6-11(10)15(22)23/h4-8H,9H2,1-3H3,(H2,17,18,19,20,22);3-7H,8-9H2,1-2H3,(H,20,21)(H,22,23)(H,17,18,19). The highest BCUT2D eigenvalue weighted by atomic mass is 32.2. The predicted molar refractivity (Wildman–Crippen MR) is 195 cm³/mol. The van der Waals surface area contributed by atoms with Gasteiger partial charge < -0.3 is 34.1 Å². The van der Waals surface area contributed by atoms with Gasteiger partial charge in [0.25, 0.3) is 5.91 Å². The number of carbonyl (C=O) groups is 4. The number of amides is 3. The van der Waals surface area contributed by atoms with Crippen molar-refractivity contribution in [3.05, 3.63) is 82.9 Å². The number of benzene rings is 2. The summed E-state index contributed by atoms with van der Waals surface area (Å²) >= 11 is 0. The molecule has 22 nitrogen and oxygen atoms in total. The van der Waals surface area contributed by atoms with Crippen LogP contribution >= 0.6 is 0 Å². The molecule has 0 atom stereocenters. The number of hydrogen-bond donors (Lipinski definition) is 5. The molecule has 0 fully saturated rings. The molecule has 0 aliphatic heterocycles. The van der Waals surface area contributed by atoms with Gasteiger partial charge in [0, 0.05) is 0 Å². The quantitative estimate of drug-likeness (QED) is 0.0991. The normalized spacial score (nSPS) is 10.7. The van der Waals surface area contributed by atoms with E-state index in [0.29, 0.717) is 0 Å². The topological polar surface area (TPSA) is 303 Å². The third kappa shape index (κ3) is 13.5. The second-order valence-electron chi connectivity index (χ2n) is 10.6. The number of esters is 1. The van der Waals surface area contributed by atoms with Crippen LogP contribution in [0, 0.1) is 0 Å². The number of hydrogen-bond acceptors (Lipinski definition) is 18. The van der Waals surface area contributed by atoms with Crippen molar-refractivity contribution >= 4 is 55.8 Å². The summed E-state index contributed by atoms with van der Waals surface area (Å²) in [5, 5.41) is 13.8. The molecule has 0 aliphatic carbocycles. The first-order chi connectivity index (χ1) is 26.5. The number of carboxylic acids is 1. The van der Waals surface area contributed by atoms with Crippen LogP contribution in [0.2, 0.25) is 0 Å². The van der Waals surface area contributed by atoms with Crippen molar-refractivity contribution in [2.45, 2.75) is 11.5 Å². The van der Waals surface area contributed by atoms with Crippen LogP contribution < -0.4 is 39.0 Å². The Morgan fingerprint density at radius 3 is 1.52 bits per heavy atom. The van der Waals surface area contributed by atoms with E-state index in [4.69, 9.17) is 24.1 Å². The maximum absolute atomic E-state index is 12.3. The molecule has 3 amide bonds. The van der Waals surface area contributed by atoms with Crippen molar-refractivity contribution in [1.82, 2.24) is 29.4 Å². The average molecular weight is 821 g/mol. The number of urea groups is 1. The van der Waals surface area contributed by atoms with Gasteiger partial charge in [0.15, 0.2) is 0 Å². The van der Waals surface area contributed by atoms with Crippen LogP contribution in [-0.4, -0.2) is 108 Å². The number of ether oxygens (including phenoxy) is 5. The zero-order valence-corrected chi connectivity index (χ0v) is 31.9. The van der Waals surface area contributed by atoms with E-state index in [1.54, 1.807) is 12.1 Å². The smallest absolute Gasteiger partial charge is 0.338 e. The van der Waals surface area contributed by atoms with Crippen LogP contribution in [0.3, 0.4) is 0 Å². The number of carboxylic acid groups (broad SMARTS) is 1. The Bertz CT molecular complexity index is 2230. The molecule has 2 aromatic heterocycles. The molecule has 4 rings (SSSR count). The van der Waals surface area contributed by atoms with E-state index in [-0.39, 0.29) is 57.7 Å². The lowest BCUT2D eigenvalue weighted by atomic mass is 10.1. The molecule has 0 spiro atoms. The molecule has 2 aromatic carbocycles. The van der Waals surface area contributed by atoms with Gasteiger partial charge in [-0.3, -0.25) is 14.8 Å². The summed E-state index contributed by atoms with van der Waals surface area (Å²) in [6.45, 7) is -0.448. The van der Waals surface area contributed by atoms with Crippen LogP contribution in [0.1, 0.15) is 31.8 Å². The van der Waals surface area contributed by atoms with Gasteiger partial charge >= 0.3 is 18.0 Å². The Morgan fingerprint density at radius 1 is 0.625 bits per heavy atom. The summed E-state index contributed by atoms with van der Waals surface area (Å²) in [5.41, 5.74) is 0.157. The van der Waals surface area contributed by atoms with Gasteiger partial charge in [-0.05, 0) is 23.3 Å². The van der Waals surface area contributed by atoms with E-state index in [1.807, 2.05) is 9.44 Å². The Kier molecular flexibility index (Phi) is 15.6. The molecule has 0 bridgehead atoms. The van der Waals surface area contributed by atoms with E-state index in [9.17, 15) is 36.0 Å². The van der Waals surface area contributed by atoms with Crippen molar-refractivity contribution in [2.24, 2.45) is 0 Å². The number of sulfonamides is 2. The fourth-order valence-corrected chi connectivity index (χ4v) is 6.51. The fourth-order valence-electron chi connectivity index (χ4n) is 4.29. The predicted octanol–water partition coefficient (Wildman–Crippen LogP) is 1.18. The highest BCUT2D eigenvalue weighted by molar-refractivity contribution is 7.89. The molecule has 300 valence electrons. The van der Waals surface area contributed by atoms with Crippen molar-refractivity contribution in [2.75, 3.05) is 52.7 Å². The summed E-state index contributed by atoms with van der Waals surface area (Å²) in [5.74, 6) is -3.74. The lowest BCUT2D eigenvalue weighted by molar-refractivity contribution is -0.117. The van der Waals surface area contributed by atoms with Crippen LogP contribution in [-0.2, 0) is 41.1 Å². The van der Waals surface area contributed by atoms with Crippen LogP contribution in [0.5, 0.6) is 23.5 Å². The van der Waals surface area contributed by atoms with Gasteiger partial charge in [0.1, 0.15) is 0 Å². The molecule has 0 radical (unpaired) electrons. The Balaban J connectivity index is 0.000000300. The highest BCUT2D eigenvalue weighted by Crippen LogP contribution is 2.19. The zero-order chi connectivity index (χ0) is 41.5. The van der Waals surface area contributed by atoms with E-state index >= 15 is 0 Å². The van der Waals surface area contributed by atoms with E-state index in [2.05, 4.69) is 35.3 Å². The first-order valence-electron chi connectivity index (χ1n) is 15.5. The zero-order valence-electron chi connectivity index (χ0n) is 30.3. The number of carbonyl (C=O) groups excluding carboxylic acids is 3. The molecule has 0 aliphatic rings. The largest absolute Gasteiger partial charge is 0.481 e. The maximum Gasteiger partial charge on any atom is 0.338 e. The molecule has 0 saturated heterocycles. The van der Waals surface area contributed by atoms with Crippen molar-refractivity contribution in [3.8, 4) is 23.5 Å². The van der Waals surface area contributed by atoms with Crippen molar-refractivity contribution < 1.29 is 64.8 Å². The van der Waals surface area contributed by atoms with Crippen LogP contribution in [0.25, 0.3) is 0 Å². The van der Waals surface area contributed by atoms with Gasteiger partial charge in [0.05, 0.1) is 76.9 Å². The number of nitrogens with zero attached hydrogens (tertiary/aromatic N) is 4. The lowest BCUT2D eigenvalue weighted by Crippen LogP contribution is -2.36. The number of aromatic carboxylic acids is 1. The van der Waals surface area contributed by atoms with Crippen molar-refractivity contribution in [3.63, 3.8) is 0 Å². The summed E-state index contributed by atoms with van der Waals surface area (Å²) < 4.78 is 77.1. The molecular weight excluding hydrogens is 785 g/mol. The van der Waals surface area contributed by atoms with Crippen molar-refractivity contribution in [1.29, 1.82) is 0 Å². The van der Waals surface area contributed by atoms with Crippen LogP contribution in [0.15, 0.2) is 60.7 Å². The van der Waals surface area contributed by atoms with Gasteiger partial charge in [0.2, 0.25) is 55.5 Å². The number of methoxy groups -OCH3 is 5. The highest BCUT2D eigenvalue weighted by Gasteiger charge is 2.22. The van der Waals surface area contributed by atoms with Gasteiger partial charge in [-0.2, -0.15) is 19.9 Å². The third-order valence-corrected chi connectivity index (χ3v) is 9.12. The molecule has 56 heavy (non-hydrogen) atoms. The first-order valence-corrected chi connectivity index (χ1v) is 18.8. The monoisotopic (exact) mass is 820 g/mol. The number of nitrogens with one attached hydrogen (secondary N) is 4. The second kappa shape index (κ2) is 20.0. The molecule has 4 aromatic rings. The summed E-state index contributed by atoms with van der Waals surface area (Å²) in [4.78, 5) is 62.5. The number of aromatic nitrogens is 4. The number of rotatable bonds is 16. The minimum atomic E-state index is -4.14. The maximum atomic E-state index is 12.3. The molecule has 24 heteroatoms. The van der Waals surface area contributed by atoms with Crippen LogP contribution in [0.4, 0.5) is 16.7 Å². The summed E-state index contributed by atoms with van der Waals surface area (Å²) in [6.07, 6.45) is 0. The molecule has 0 unspecified atom stereocenters. The summed E-state index contributed by atoms with van der Waals surface area (Å²) in [6, 6.07) is 13.3. The fraction of sp³-hybridized carbons (Fsp3) is 0.250. The van der Waals surface area contributed by atoms with Gasteiger partial charge in [-0.1, -0.05) is 36.4 Å². The number of anilines is 2. The van der Waals surface area contributed by atoms with Gasteiger partial charge in [-0.15, -0.1) is 0 Å². The average Bonchev–Trinajstić information content (AvgIpc) is 3.16. The van der Waals surface area contributed by atoms with E-state index < -0.39 is 62.0 Å². The third-order valence-electron chi connectivity index (χ3n) is 6.71.